The van der Waals surface area contributed by atoms with Gasteiger partial charge in [-0.25, -0.2) is 0 Å². The van der Waals surface area contributed by atoms with E-state index in [1.165, 1.54) is 16.3 Å². The molecule has 0 saturated heterocycles. The SMILES string of the molecule is CCCC(OC)C(NC)c1cccc2cnccc12. The maximum absolute atomic E-state index is 5.67. The van der Waals surface area contributed by atoms with Crippen LogP contribution >= 0.6 is 0 Å². The van der Waals surface area contributed by atoms with E-state index in [4.69, 9.17) is 4.74 Å². The van der Waals surface area contributed by atoms with Gasteiger partial charge in [0.15, 0.2) is 0 Å². The van der Waals surface area contributed by atoms with Crippen LogP contribution in [0.15, 0.2) is 36.7 Å². The van der Waals surface area contributed by atoms with Crippen molar-refractivity contribution in [3.8, 4) is 0 Å². The predicted molar refractivity (Wildman–Crippen MR) is 79.2 cm³/mol. The summed E-state index contributed by atoms with van der Waals surface area (Å²) in [6.07, 6.45) is 6.11. The molecule has 2 unspecified atom stereocenters. The molecule has 0 amide bonds. The summed E-state index contributed by atoms with van der Waals surface area (Å²) in [7, 11) is 3.78. The van der Waals surface area contributed by atoms with E-state index in [1.54, 1.807) is 7.11 Å². The van der Waals surface area contributed by atoms with Crippen molar-refractivity contribution in [1.29, 1.82) is 0 Å². The maximum atomic E-state index is 5.67. The summed E-state index contributed by atoms with van der Waals surface area (Å²) in [6, 6.07) is 8.64. The smallest absolute Gasteiger partial charge is 0.0766 e. The van der Waals surface area contributed by atoms with Crippen molar-refractivity contribution in [3.05, 3.63) is 42.2 Å². The number of fused-ring (bicyclic) bond motifs is 1. The zero-order valence-corrected chi connectivity index (χ0v) is 11.9. The molecule has 0 aliphatic carbocycles. The van der Waals surface area contributed by atoms with Crippen LogP contribution in [0.2, 0.25) is 0 Å². The van der Waals surface area contributed by atoms with Gasteiger partial charge in [-0.15, -0.1) is 0 Å². The molecule has 0 saturated carbocycles. The van der Waals surface area contributed by atoms with Crippen LogP contribution in [-0.2, 0) is 4.74 Å². The van der Waals surface area contributed by atoms with Gasteiger partial charge in [0, 0.05) is 24.9 Å². The van der Waals surface area contributed by atoms with Crippen molar-refractivity contribution in [2.24, 2.45) is 0 Å². The van der Waals surface area contributed by atoms with E-state index in [0.717, 1.165) is 12.8 Å². The van der Waals surface area contributed by atoms with Gasteiger partial charge in [-0.1, -0.05) is 31.5 Å². The number of methoxy groups -OCH3 is 1. The molecule has 19 heavy (non-hydrogen) atoms. The van der Waals surface area contributed by atoms with Crippen LogP contribution in [0.25, 0.3) is 10.8 Å². The molecule has 1 N–H and O–H groups in total. The molecule has 0 spiro atoms. The average molecular weight is 258 g/mol. The highest BCUT2D eigenvalue weighted by Crippen LogP contribution is 2.28. The second kappa shape index (κ2) is 6.64. The molecule has 0 radical (unpaired) electrons. The van der Waals surface area contributed by atoms with Crippen LogP contribution in [-0.4, -0.2) is 25.2 Å². The van der Waals surface area contributed by atoms with Crippen LogP contribution in [0.5, 0.6) is 0 Å². The zero-order chi connectivity index (χ0) is 13.7. The van der Waals surface area contributed by atoms with Crippen LogP contribution in [0.4, 0.5) is 0 Å². The molecule has 1 aromatic heterocycles. The lowest BCUT2D eigenvalue weighted by Gasteiger charge is -2.27. The van der Waals surface area contributed by atoms with Gasteiger partial charge in [0.1, 0.15) is 0 Å². The Kier molecular flexibility index (Phi) is 4.88. The van der Waals surface area contributed by atoms with Crippen LogP contribution in [0, 0.1) is 0 Å². The van der Waals surface area contributed by atoms with Crippen molar-refractivity contribution in [3.63, 3.8) is 0 Å². The van der Waals surface area contributed by atoms with Gasteiger partial charge in [-0.3, -0.25) is 4.98 Å². The molecule has 3 nitrogen and oxygen atoms in total. The maximum Gasteiger partial charge on any atom is 0.0766 e. The Balaban J connectivity index is 2.45. The van der Waals surface area contributed by atoms with Crippen LogP contribution in [0.3, 0.4) is 0 Å². The summed E-state index contributed by atoms with van der Waals surface area (Å²) in [4.78, 5) is 4.19. The first kappa shape index (κ1) is 14.0. The molecule has 0 bridgehead atoms. The van der Waals surface area contributed by atoms with Crippen molar-refractivity contribution in [2.45, 2.75) is 31.9 Å². The quantitative estimate of drug-likeness (QED) is 0.863. The first-order valence-corrected chi connectivity index (χ1v) is 6.84. The number of pyridine rings is 1. The lowest BCUT2D eigenvalue weighted by atomic mass is 9.94. The van der Waals surface area contributed by atoms with E-state index >= 15 is 0 Å². The fourth-order valence-corrected chi connectivity index (χ4v) is 2.67. The van der Waals surface area contributed by atoms with Gasteiger partial charge in [0.2, 0.25) is 0 Å². The van der Waals surface area contributed by atoms with Gasteiger partial charge in [-0.2, -0.15) is 0 Å². The van der Waals surface area contributed by atoms with Crippen molar-refractivity contribution in [2.75, 3.05) is 14.2 Å². The van der Waals surface area contributed by atoms with Gasteiger partial charge in [0.05, 0.1) is 12.1 Å². The topological polar surface area (TPSA) is 34.1 Å². The largest absolute Gasteiger partial charge is 0.379 e. The van der Waals surface area contributed by atoms with Crippen molar-refractivity contribution >= 4 is 10.8 Å². The number of hydrogen-bond donors (Lipinski definition) is 1. The molecule has 2 rings (SSSR count). The molecule has 1 heterocycles. The standard InChI is InChI=1S/C16H22N2O/c1-4-6-15(19-3)16(17-2)14-8-5-7-12-11-18-10-9-13(12)14/h5,7-11,15-17H,4,6H2,1-3H3. The highest BCUT2D eigenvalue weighted by Gasteiger charge is 2.22. The van der Waals surface area contributed by atoms with Gasteiger partial charge in [-0.05, 0) is 30.5 Å². The minimum absolute atomic E-state index is 0.189. The molecule has 0 aliphatic heterocycles. The Morgan fingerprint density at radius 2 is 2.16 bits per heavy atom. The van der Waals surface area contributed by atoms with E-state index in [0.29, 0.717) is 0 Å². The summed E-state index contributed by atoms with van der Waals surface area (Å²) in [5.41, 5.74) is 1.28. The van der Waals surface area contributed by atoms with Crippen molar-refractivity contribution < 1.29 is 4.74 Å². The molecule has 1 aromatic carbocycles. The number of hydrogen-bond acceptors (Lipinski definition) is 3. The summed E-state index contributed by atoms with van der Waals surface area (Å²) < 4.78 is 5.67. The Morgan fingerprint density at radius 1 is 1.32 bits per heavy atom. The van der Waals surface area contributed by atoms with Gasteiger partial charge in [0.25, 0.3) is 0 Å². The molecule has 2 atom stereocenters. The van der Waals surface area contributed by atoms with E-state index in [1.807, 2.05) is 19.4 Å². The lowest BCUT2D eigenvalue weighted by molar-refractivity contribution is 0.0634. The minimum atomic E-state index is 0.189. The van der Waals surface area contributed by atoms with Crippen molar-refractivity contribution in [1.82, 2.24) is 10.3 Å². The van der Waals surface area contributed by atoms with Gasteiger partial charge < -0.3 is 10.1 Å². The van der Waals surface area contributed by atoms with Crippen LogP contribution < -0.4 is 5.32 Å². The summed E-state index contributed by atoms with van der Waals surface area (Å²) >= 11 is 0. The molecule has 2 aromatic rings. The summed E-state index contributed by atoms with van der Waals surface area (Å²) in [5.74, 6) is 0. The zero-order valence-electron chi connectivity index (χ0n) is 11.9. The second-order valence-electron chi connectivity index (χ2n) is 4.77. The number of likely N-dealkylation sites (N-methyl/N-ethyl adjacent to an activating group) is 1. The summed E-state index contributed by atoms with van der Waals surface area (Å²) in [5, 5.41) is 5.82. The minimum Gasteiger partial charge on any atom is -0.379 e. The Hall–Kier alpha value is -1.45. The van der Waals surface area contributed by atoms with E-state index < -0.39 is 0 Å². The second-order valence-corrected chi connectivity index (χ2v) is 4.77. The Bertz CT molecular complexity index is 522. The predicted octanol–water partition coefficient (Wildman–Crippen LogP) is 3.31. The first-order chi connectivity index (χ1) is 9.31. The first-order valence-electron chi connectivity index (χ1n) is 6.84. The van der Waals surface area contributed by atoms with Crippen LogP contribution in [0.1, 0.15) is 31.4 Å². The highest BCUT2D eigenvalue weighted by atomic mass is 16.5. The molecule has 3 heteroatoms. The third-order valence-corrected chi connectivity index (χ3v) is 3.61. The van der Waals surface area contributed by atoms with E-state index in [-0.39, 0.29) is 12.1 Å². The van der Waals surface area contributed by atoms with Gasteiger partial charge >= 0.3 is 0 Å². The third-order valence-electron chi connectivity index (χ3n) is 3.61. The molecule has 102 valence electrons. The fourth-order valence-electron chi connectivity index (χ4n) is 2.67. The highest BCUT2D eigenvalue weighted by molar-refractivity contribution is 5.85. The number of ether oxygens (including phenoxy) is 1. The number of nitrogens with zero attached hydrogens (tertiary/aromatic N) is 1. The number of aromatic nitrogens is 1. The lowest BCUT2D eigenvalue weighted by Crippen LogP contribution is -2.31. The number of nitrogens with one attached hydrogen (secondary N) is 1. The Morgan fingerprint density at radius 3 is 2.84 bits per heavy atom. The Labute approximate surface area is 115 Å². The number of benzene rings is 1. The third kappa shape index (κ3) is 2.94. The van der Waals surface area contributed by atoms with E-state index in [9.17, 15) is 0 Å². The molecular formula is C16H22N2O. The molecule has 0 fully saturated rings. The molecular weight excluding hydrogens is 236 g/mol. The number of rotatable bonds is 6. The average Bonchev–Trinajstić information content (AvgIpc) is 2.47. The fraction of sp³-hybridized carbons (Fsp3) is 0.438. The van der Waals surface area contributed by atoms with E-state index in [2.05, 4.69) is 41.5 Å². The summed E-state index contributed by atoms with van der Waals surface area (Å²) in [6.45, 7) is 2.19. The molecule has 0 aliphatic rings. The monoisotopic (exact) mass is 258 g/mol. The normalized spacial score (nSPS) is 14.5.